The van der Waals surface area contributed by atoms with Crippen LogP contribution in [0.25, 0.3) is 0 Å². The van der Waals surface area contributed by atoms with E-state index in [1.807, 2.05) is 23.2 Å². The van der Waals surface area contributed by atoms with Crippen LogP contribution in [0.4, 0.5) is 4.79 Å². The van der Waals surface area contributed by atoms with E-state index < -0.39 is 0 Å². The van der Waals surface area contributed by atoms with Crippen molar-refractivity contribution >= 4 is 6.03 Å². The maximum Gasteiger partial charge on any atom is 0.318 e. The highest BCUT2D eigenvalue weighted by molar-refractivity contribution is 5.74. The van der Waals surface area contributed by atoms with Crippen LogP contribution >= 0.6 is 0 Å². The lowest BCUT2D eigenvalue weighted by molar-refractivity contribution is 0.150. The van der Waals surface area contributed by atoms with Crippen molar-refractivity contribution in [2.75, 3.05) is 6.54 Å². The molecule has 6 heteroatoms. The number of carbonyl (C=O) groups excluding carboxylic acids is 1. The Bertz CT molecular complexity index is 536. The highest BCUT2D eigenvalue weighted by Crippen LogP contribution is 2.30. The Labute approximate surface area is 117 Å². The zero-order valence-electron chi connectivity index (χ0n) is 11.2. The fraction of sp³-hybridized carbons (Fsp3) is 0.429. The molecule has 106 valence electrons. The average molecular weight is 274 g/mol. The van der Waals surface area contributed by atoms with E-state index in [9.17, 15) is 4.79 Å². The molecule has 0 unspecified atom stereocenters. The molecule has 2 N–H and O–H groups in total. The van der Waals surface area contributed by atoms with E-state index in [0.29, 0.717) is 6.54 Å². The number of aromatic nitrogens is 2. The number of aromatic amines is 1. The van der Waals surface area contributed by atoms with Crippen LogP contribution < -0.4 is 5.32 Å². The fourth-order valence-electron chi connectivity index (χ4n) is 2.64. The van der Waals surface area contributed by atoms with Gasteiger partial charge in [0.05, 0.1) is 25.0 Å². The van der Waals surface area contributed by atoms with Crippen LogP contribution in [0, 0.1) is 0 Å². The van der Waals surface area contributed by atoms with Crippen LogP contribution in [0.3, 0.4) is 0 Å². The molecule has 0 bridgehead atoms. The first-order valence-electron chi connectivity index (χ1n) is 6.90. The lowest BCUT2D eigenvalue weighted by Crippen LogP contribution is -2.44. The minimum atomic E-state index is -0.0488. The zero-order valence-corrected chi connectivity index (χ0v) is 11.2. The molecule has 2 aromatic heterocycles. The minimum absolute atomic E-state index is 0.0488. The highest BCUT2D eigenvalue weighted by atomic mass is 16.3. The van der Waals surface area contributed by atoms with Gasteiger partial charge in [-0.2, -0.15) is 5.10 Å². The molecule has 2 aromatic rings. The Balaban J connectivity index is 1.65. The second kappa shape index (κ2) is 5.81. The van der Waals surface area contributed by atoms with Crippen molar-refractivity contribution in [3.8, 4) is 0 Å². The molecule has 3 rings (SSSR count). The summed E-state index contributed by atoms with van der Waals surface area (Å²) in [7, 11) is 0. The van der Waals surface area contributed by atoms with E-state index in [2.05, 4.69) is 15.5 Å². The molecule has 0 saturated carbocycles. The summed E-state index contributed by atoms with van der Waals surface area (Å²) in [6.45, 7) is 1.19. The minimum Gasteiger partial charge on any atom is -0.467 e. The molecule has 0 radical (unpaired) electrons. The molecule has 1 aliphatic rings. The van der Waals surface area contributed by atoms with Gasteiger partial charge in [-0.1, -0.05) is 0 Å². The Morgan fingerprint density at radius 1 is 1.55 bits per heavy atom. The van der Waals surface area contributed by atoms with Gasteiger partial charge in [0.15, 0.2) is 0 Å². The number of rotatable bonds is 3. The molecule has 1 aliphatic heterocycles. The van der Waals surface area contributed by atoms with Gasteiger partial charge in [0.1, 0.15) is 5.76 Å². The molecule has 1 atom stereocenters. The molecule has 0 aromatic carbocycles. The van der Waals surface area contributed by atoms with Gasteiger partial charge < -0.3 is 14.6 Å². The number of urea groups is 1. The monoisotopic (exact) mass is 274 g/mol. The number of carbonyl (C=O) groups is 1. The largest absolute Gasteiger partial charge is 0.467 e. The summed E-state index contributed by atoms with van der Waals surface area (Å²) in [6.07, 6.45) is 8.43. The molecule has 0 spiro atoms. The van der Waals surface area contributed by atoms with E-state index in [1.165, 1.54) is 0 Å². The lowest BCUT2D eigenvalue weighted by Gasteiger charge is -2.35. The second-order valence-electron chi connectivity index (χ2n) is 4.97. The molecule has 1 saturated heterocycles. The number of hydrogen-bond acceptors (Lipinski definition) is 3. The smallest absolute Gasteiger partial charge is 0.318 e. The summed E-state index contributed by atoms with van der Waals surface area (Å²) in [5.41, 5.74) is 1.07. The van der Waals surface area contributed by atoms with Crippen molar-refractivity contribution in [2.45, 2.75) is 31.8 Å². The Morgan fingerprint density at radius 2 is 2.50 bits per heavy atom. The van der Waals surface area contributed by atoms with Crippen LogP contribution in [-0.2, 0) is 6.54 Å². The quantitative estimate of drug-likeness (QED) is 0.902. The summed E-state index contributed by atoms with van der Waals surface area (Å²) < 4.78 is 5.22. The zero-order chi connectivity index (χ0) is 13.8. The number of amides is 2. The number of furan rings is 1. The molecule has 3 heterocycles. The van der Waals surface area contributed by atoms with Gasteiger partial charge in [-0.25, -0.2) is 4.79 Å². The van der Waals surface area contributed by atoms with Crippen LogP contribution in [0.15, 0.2) is 35.2 Å². The van der Waals surface area contributed by atoms with Crippen LogP contribution in [0.1, 0.15) is 36.6 Å². The number of likely N-dealkylation sites (tertiary alicyclic amines) is 1. The third-order valence-electron chi connectivity index (χ3n) is 3.66. The van der Waals surface area contributed by atoms with Gasteiger partial charge in [0, 0.05) is 18.3 Å². The molecular weight excluding hydrogens is 256 g/mol. The first-order chi connectivity index (χ1) is 9.84. The highest BCUT2D eigenvalue weighted by Gasteiger charge is 2.28. The Morgan fingerprint density at radius 3 is 3.25 bits per heavy atom. The second-order valence-corrected chi connectivity index (χ2v) is 4.97. The predicted octanol–water partition coefficient (Wildman–Crippen LogP) is 2.44. The average Bonchev–Trinajstić information content (AvgIpc) is 3.18. The molecule has 2 amide bonds. The van der Waals surface area contributed by atoms with Gasteiger partial charge in [-0.3, -0.25) is 5.10 Å². The number of nitrogens with one attached hydrogen (secondary N) is 2. The van der Waals surface area contributed by atoms with Crippen molar-refractivity contribution in [3.63, 3.8) is 0 Å². The maximum absolute atomic E-state index is 12.3. The van der Waals surface area contributed by atoms with Crippen molar-refractivity contribution in [1.82, 2.24) is 20.4 Å². The number of H-pyrrole nitrogens is 1. The van der Waals surface area contributed by atoms with E-state index in [-0.39, 0.29) is 12.1 Å². The first kappa shape index (κ1) is 12.8. The van der Waals surface area contributed by atoms with E-state index >= 15 is 0 Å². The fourth-order valence-corrected chi connectivity index (χ4v) is 2.64. The van der Waals surface area contributed by atoms with E-state index in [4.69, 9.17) is 4.42 Å². The normalized spacial score (nSPS) is 19.0. The third-order valence-corrected chi connectivity index (χ3v) is 3.66. The van der Waals surface area contributed by atoms with Crippen molar-refractivity contribution < 1.29 is 9.21 Å². The van der Waals surface area contributed by atoms with Gasteiger partial charge >= 0.3 is 6.03 Å². The summed E-state index contributed by atoms with van der Waals surface area (Å²) in [5.74, 6) is 0.759. The van der Waals surface area contributed by atoms with Crippen molar-refractivity contribution in [2.24, 2.45) is 0 Å². The Hall–Kier alpha value is -2.24. The summed E-state index contributed by atoms with van der Waals surface area (Å²) in [6, 6.07) is 3.73. The van der Waals surface area contributed by atoms with Crippen LogP contribution in [-0.4, -0.2) is 27.7 Å². The van der Waals surface area contributed by atoms with Gasteiger partial charge in [-0.15, -0.1) is 0 Å². The summed E-state index contributed by atoms with van der Waals surface area (Å²) in [5, 5.41) is 9.71. The summed E-state index contributed by atoms with van der Waals surface area (Å²) in [4.78, 5) is 14.2. The summed E-state index contributed by atoms with van der Waals surface area (Å²) >= 11 is 0. The predicted molar refractivity (Wildman–Crippen MR) is 72.8 cm³/mol. The standard InChI is InChI=1S/C14H18N4O2/c19-14(15-10-12-4-3-7-20-12)18-6-2-1-5-13(18)11-8-16-17-9-11/h3-4,7-9,13H,1-2,5-6,10H2,(H,15,19)(H,16,17)/t13-/m1/s1. The molecule has 6 nitrogen and oxygen atoms in total. The SMILES string of the molecule is O=C(NCc1ccco1)N1CCCC[C@@H]1c1cn[nH]c1. The first-order valence-corrected chi connectivity index (χ1v) is 6.90. The lowest BCUT2D eigenvalue weighted by atomic mass is 9.98. The van der Waals surface area contributed by atoms with Gasteiger partial charge in [0.25, 0.3) is 0 Å². The topological polar surface area (TPSA) is 74.2 Å². The molecule has 20 heavy (non-hydrogen) atoms. The molecular formula is C14H18N4O2. The molecule has 0 aliphatic carbocycles. The molecule has 1 fully saturated rings. The maximum atomic E-state index is 12.3. The number of piperidine rings is 1. The van der Waals surface area contributed by atoms with Crippen molar-refractivity contribution in [1.29, 1.82) is 0 Å². The number of hydrogen-bond donors (Lipinski definition) is 2. The van der Waals surface area contributed by atoms with Crippen LogP contribution in [0.5, 0.6) is 0 Å². The number of nitrogens with zero attached hydrogens (tertiary/aromatic N) is 2. The van der Waals surface area contributed by atoms with Gasteiger partial charge in [0.2, 0.25) is 0 Å². The Kier molecular flexibility index (Phi) is 3.71. The van der Waals surface area contributed by atoms with Gasteiger partial charge in [-0.05, 0) is 31.4 Å². The van der Waals surface area contributed by atoms with E-state index in [0.717, 1.165) is 37.1 Å². The third kappa shape index (κ3) is 2.68. The van der Waals surface area contributed by atoms with E-state index in [1.54, 1.807) is 12.5 Å². The van der Waals surface area contributed by atoms with Crippen molar-refractivity contribution in [3.05, 3.63) is 42.1 Å². The van der Waals surface area contributed by atoms with Crippen LogP contribution in [0.2, 0.25) is 0 Å².